The first-order valence-electron chi connectivity index (χ1n) is 9.54. The van der Waals surface area contributed by atoms with Gasteiger partial charge in [0.05, 0.1) is 4.75 Å². The van der Waals surface area contributed by atoms with Gasteiger partial charge < -0.3 is 5.32 Å². The molecule has 1 aliphatic carbocycles. The third kappa shape index (κ3) is 4.07. The zero-order chi connectivity index (χ0) is 20.7. The van der Waals surface area contributed by atoms with Gasteiger partial charge in [0.2, 0.25) is 10.0 Å². The lowest BCUT2D eigenvalue weighted by molar-refractivity contribution is 0.102. The molecule has 2 aromatic rings. The smallest absolute Gasteiger partial charge is 0.255 e. The number of sulfonamides is 1. The highest BCUT2D eigenvalue weighted by atomic mass is 32.2. The second-order valence-electron chi connectivity index (χ2n) is 8.63. The van der Waals surface area contributed by atoms with E-state index in [9.17, 15) is 13.2 Å². The van der Waals surface area contributed by atoms with Gasteiger partial charge in [0, 0.05) is 16.9 Å². The molecule has 0 saturated carbocycles. The van der Waals surface area contributed by atoms with Crippen LogP contribution >= 0.6 is 0 Å². The van der Waals surface area contributed by atoms with Crippen molar-refractivity contribution in [2.45, 2.75) is 51.7 Å². The third-order valence-corrected chi connectivity index (χ3v) is 7.61. The molecule has 6 heteroatoms. The molecule has 0 aromatic heterocycles. The van der Waals surface area contributed by atoms with Crippen molar-refractivity contribution in [1.29, 1.82) is 0 Å². The Morgan fingerprint density at radius 3 is 2.21 bits per heavy atom. The molecule has 2 aromatic carbocycles. The third-order valence-electron chi connectivity index (χ3n) is 5.49. The summed E-state index contributed by atoms with van der Waals surface area (Å²) in [5, 5.41) is 2.93. The van der Waals surface area contributed by atoms with E-state index in [1.54, 1.807) is 45.0 Å². The van der Waals surface area contributed by atoms with E-state index in [0.717, 1.165) is 12.1 Å². The highest BCUT2D eigenvalue weighted by molar-refractivity contribution is 7.94. The fraction of sp³-hybridized carbons (Fsp3) is 0.409. The molecule has 0 fully saturated rings. The Morgan fingerprint density at radius 1 is 1.00 bits per heavy atom. The van der Waals surface area contributed by atoms with Crippen molar-refractivity contribution in [3.05, 3.63) is 59.2 Å². The second-order valence-corrected chi connectivity index (χ2v) is 11.1. The Hall–Kier alpha value is -2.34. The molecular formula is C22H28N2O3S. The highest BCUT2D eigenvalue weighted by Gasteiger charge is 2.29. The summed E-state index contributed by atoms with van der Waals surface area (Å²) in [6.07, 6.45) is 1.03. The van der Waals surface area contributed by atoms with Gasteiger partial charge in [0.25, 0.3) is 5.91 Å². The standard InChI is InChI=1S/C22H28N2O3S/c1-14-12-17-13-19(10-11-20(17)15(14)2)23-21(25)16-6-8-18(9-7-16)24-28(26,27)22(3,4)5/h6-11,13-15,24H,12H2,1-5H3,(H,23,25). The largest absolute Gasteiger partial charge is 0.322 e. The van der Waals surface area contributed by atoms with Crippen LogP contribution in [0.25, 0.3) is 0 Å². The van der Waals surface area contributed by atoms with Gasteiger partial charge in [-0.2, -0.15) is 0 Å². The summed E-state index contributed by atoms with van der Waals surface area (Å²) in [6, 6.07) is 12.5. The van der Waals surface area contributed by atoms with Crippen LogP contribution in [0.5, 0.6) is 0 Å². The van der Waals surface area contributed by atoms with Crippen LogP contribution in [0.3, 0.4) is 0 Å². The topological polar surface area (TPSA) is 75.3 Å². The molecule has 150 valence electrons. The van der Waals surface area contributed by atoms with Crippen molar-refractivity contribution in [1.82, 2.24) is 0 Å². The second kappa shape index (κ2) is 7.24. The molecule has 5 nitrogen and oxygen atoms in total. The fourth-order valence-electron chi connectivity index (χ4n) is 3.34. The molecule has 0 bridgehead atoms. The predicted molar refractivity (Wildman–Crippen MR) is 114 cm³/mol. The summed E-state index contributed by atoms with van der Waals surface area (Å²) in [5.41, 5.74) is 4.35. The van der Waals surface area contributed by atoms with Crippen molar-refractivity contribution < 1.29 is 13.2 Å². The number of hydrogen-bond donors (Lipinski definition) is 2. The van der Waals surface area contributed by atoms with Gasteiger partial charge in [-0.25, -0.2) is 8.42 Å². The molecule has 3 rings (SSSR count). The van der Waals surface area contributed by atoms with Gasteiger partial charge in [-0.15, -0.1) is 0 Å². The maximum absolute atomic E-state index is 12.5. The molecule has 28 heavy (non-hydrogen) atoms. The van der Waals surface area contributed by atoms with E-state index >= 15 is 0 Å². The normalized spacial score (nSPS) is 19.2. The SMILES string of the molecule is CC1Cc2cc(NC(=O)c3ccc(NS(=O)(=O)C(C)(C)C)cc3)ccc2C1C. The molecule has 2 unspecified atom stereocenters. The van der Waals surface area contributed by atoms with Crippen LogP contribution < -0.4 is 10.0 Å². The summed E-state index contributed by atoms with van der Waals surface area (Å²) in [7, 11) is -3.50. The minimum Gasteiger partial charge on any atom is -0.322 e. The van der Waals surface area contributed by atoms with E-state index in [4.69, 9.17) is 0 Å². The number of amides is 1. The van der Waals surface area contributed by atoms with Gasteiger partial charge in [-0.1, -0.05) is 19.9 Å². The lowest BCUT2D eigenvalue weighted by Gasteiger charge is -2.20. The van der Waals surface area contributed by atoms with Crippen molar-refractivity contribution in [2.75, 3.05) is 10.0 Å². The van der Waals surface area contributed by atoms with Crippen LogP contribution in [-0.2, 0) is 16.4 Å². The van der Waals surface area contributed by atoms with Crippen LogP contribution in [0.1, 0.15) is 62.0 Å². The average Bonchev–Trinajstić information content (AvgIpc) is 2.88. The van der Waals surface area contributed by atoms with Crippen LogP contribution in [0.2, 0.25) is 0 Å². The molecular weight excluding hydrogens is 372 g/mol. The molecule has 0 aliphatic heterocycles. The minimum atomic E-state index is -3.50. The number of hydrogen-bond acceptors (Lipinski definition) is 3. The molecule has 1 aliphatic rings. The number of carbonyl (C=O) groups is 1. The lowest BCUT2D eigenvalue weighted by atomic mass is 9.97. The first-order valence-corrected chi connectivity index (χ1v) is 11.0. The van der Waals surface area contributed by atoms with Crippen molar-refractivity contribution in [3.8, 4) is 0 Å². The van der Waals surface area contributed by atoms with Gasteiger partial charge in [0.15, 0.2) is 0 Å². The predicted octanol–water partition coefficient (Wildman–Crippen LogP) is 4.77. The van der Waals surface area contributed by atoms with Crippen LogP contribution in [0.15, 0.2) is 42.5 Å². The summed E-state index contributed by atoms with van der Waals surface area (Å²) < 4.78 is 26.1. The number of benzene rings is 2. The van der Waals surface area contributed by atoms with E-state index in [1.807, 2.05) is 6.07 Å². The van der Waals surface area contributed by atoms with Gasteiger partial charge in [-0.05, 0) is 86.6 Å². The Morgan fingerprint density at radius 2 is 1.61 bits per heavy atom. The molecule has 0 heterocycles. The summed E-state index contributed by atoms with van der Waals surface area (Å²) in [6.45, 7) is 9.39. The molecule has 0 radical (unpaired) electrons. The summed E-state index contributed by atoms with van der Waals surface area (Å²) in [4.78, 5) is 12.5. The summed E-state index contributed by atoms with van der Waals surface area (Å²) in [5.74, 6) is 0.943. The first kappa shape index (κ1) is 20.4. The number of nitrogens with one attached hydrogen (secondary N) is 2. The van der Waals surface area contributed by atoms with Gasteiger partial charge in [-0.3, -0.25) is 9.52 Å². The zero-order valence-corrected chi connectivity index (χ0v) is 17.9. The molecule has 2 N–H and O–H groups in total. The number of fused-ring (bicyclic) bond motifs is 1. The van der Waals surface area contributed by atoms with Gasteiger partial charge in [0.1, 0.15) is 0 Å². The van der Waals surface area contributed by atoms with Crippen molar-refractivity contribution in [3.63, 3.8) is 0 Å². The molecule has 2 atom stereocenters. The number of anilines is 2. The maximum atomic E-state index is 12.5. The van der Waals surface area contributed by atoms with Gasteiger partial charge >= 0.3 is 0 Å². The Balaban J connectivity index is 1.70. The Kier molecular flexibility index (Phi) is 5.28. The van der Waals surface area contributed by atoms with Crippen LogP contribution in [0.4, 0.5) is 11.4 Å². The van der Waals surface area contributed by atoms with Crippen molar-refractivity contribution in [2.24, 2.45) is 5.92 Å². The Labute approximate surface area is 167 Å². The van der Waals surface area contributed by atoms with Crippen LogP contribution in [0, 0.1) is 5.92 Å². The first-order chi connectivity index (χ1) is 13.0. The van der Waals surface area contributed by atoms with E-state index in [1.165, 1.54) is 11.1 Å². The quantitative estimate of drug-likeness (QED) is 0.776. The monoisotopic (exact) mass is 400 g/mol. The highest BCUT2D eigenvalue weighted by Crippen LogP contribution is 2.38. The van der Waals surface area contributed by atoms with E-state index < -0.39 is 14.8 Å². The van der Waals surface area contributed by atoms with E-state index in [2.05, 4.69) is 36.0 Å². The molecule has 0 spiro atoms. The molecule has 0 saturated heterocycles. The van der Waals surface area contributed by atoms with Crippen molar-refractivity contribution >= 4 is 27.3 Å². The summed E-state index contributed by atoms with van der Waals surface area (Å²) >= 11 is 0. The van der Waals surface area contributed by atoms with E-state index in [0.29, 0.717) is 23.1 Å². The van der Waals surface area contributed by atoms with E-state index in [-0.39, 0.29) is 5.91 Å². The lowest BCUT2D eigenvalue weighted by Crippen LogP contribution is -2.33. The van der Waals surface area contributed by atoms with Crippen LogP contribution in [-0.4, -0.2) is 19.1 Å². The fourth-order valence-corrected chi connectivity index (χ4v) is 4.09. The maximum Gasteiger partial charge on any atom is 0.255 e. The molecule has 1 amide bonds. The number of carbonyl (C=O) groups excluding carboxylic acids is 1. The zero-order valence-electron chi connectivity index (χ0n) is 17.0. The Bertz CT molecular complexity index is 989. The minimum absolute atomic E-state index is 0.218. The number of rotatable bonds is 4. The average molecular weight is 401 g/mol.